The first-order valence-electron chi connectivity index (χ1n) is 11.5. The van der Waals surface area contributed by atoms with E-state index in [4.69, 9.17) is 0 Å². The highest BCUT2D eigenvalue weighted by molar-refractivity contribution is 5.84. The monoisotopic (exact) mass is 486 g/mol. The van der Waals surface area contributed by atoms with Gasteiger partial charge in [-0.3, -0.25) is 0 Å². The Bertz CT molecular complexity index is 1310. The molecule has 0 radical (unpaired) electrons. The van der Waals surface area contributed by atoms with Gasteiger partial charge in [0.25, 0.3) is 0 Å². The third kappa shape index (κ3) is 5.69. The fraction of sp³-hybridized carbons (Fsp3) is 0.241. The van der Waals surface area contributed by atoms with E-state index in [0.29, 0.717) is 23.1 Å². The molecule has 0 saturated carbocycles. The van der Waals surface area contributed by atoms with Gasteiger partial charge >= 0.3 is 6.18 Å². The maximum atomic E-state index is 15.1. The van der Waals surface area contributed by atoms with Crippen LogP contribution in [0.3, 0.4) is 0 Å². The summed E-state index contributed by atoms with van der Waals surface area (Å²) in [6.07, 6.45) is -2.33. The number of fused-ring (bicyclic) bond motifs is 1. The molecular formula is C29H24F6. The normalized spacial score (nSPS) is 11.9. The number of alkyl halides is 3. The van der Waals surface area contributed by atoms with Crippen LogP contribution in [0.5, 0.6) is 0 Å². The molecule has 0 N–H and O–H groups in total. The molecule has 0 fully saturated rings. The van der Waals surface area contributed by atoms with E-state index in [1.807, 2.05) is 12.1 Å². The highest BCUT2D eigenvalue weighted by atomic mass is 19.4. The van der Waals surface area contributed by atoms with E-state index in [9.17, 15) is 22.0 Å². The van der Waals surface area contributed by atoms with E-state index in [-0.39, 0.29) is 18.4 Å². The Morgan fingerprint density at radius 2 is 1.17 bits per heavy atom. The number of hydrogen-bond acceptors (Lipinski definition) is 0. The van der Waals surface area contributed by atoms with E-state index in [1.54, 1.807) is 18.2 Å². The lowest BCUT2D eigenvalue weighted by molar-refractivity contribution is -0.142. The van der Waals surface area contributed by atoms with Crippen LogP contribution in [0, 0.1) is 17.5 Å². The van der Waals surface area contributed by atoms with Crippen molar-refractivity contribution in [3.05, 3.63) is 118 Å². The predicted molar refractivity (Wildman–Crippen MR) is 126 cm³/mol. The summed E-state index contributed by atoms with van der Waals surface area (Å²) in [6, 6.07) is 18.8. The summed E-state index contributed by atoms with van der Waals surface area (Å²) in [7, 11) is 0. The molecule has 4 rings (SSSR count). The molecular weight excluding hydrogens is 462 g/mol. The summed E-state index contributed by atoms with van der Waals surface area (Å²) < 4.78 is 81.0. The highest BCUT2D eigenvalue weighted by Crippen LogP contribution is 2.34. The van der Waals surface area contributed by atoms with Crippen molar-refractivity contribution < 1.29 is 26.3 Å². The van der Waals surface area contributed by atoms with Gasteiger partial charge in [-0.05, 0) is 77.4 Å². The molecule has 182 valence electrons. The maximum Gasteiger partial charge on any atom is 0.422 e. The van der Waals surface area contributed by atoms with Crippen molar-refractivity contribution in [3.63, 3.8) is 0 Å². The van der Waals surface area contributed by atoms with Crippen LogP contribution in [0.25, 0.3) is 10.8 Å². The van der Waals surface area contributed by atoms with Crippen LogP contribution in [0.15, 0.2) is 66.7 Å². The molecule has 35 heavy (non-hydrogen) atoms. The molecule has 6 heteroatoms. The summed E-state index contributed by atoms with van der Waals surface area (Å²) in [6.45, 7) is 2.11. The van der Waals surface area contributed by atoms with Crippen LogP contribution in [-0.4, -0.2) is 0 Å². The van der Waals surface area contributed by atoms with Gasteiger partial charge in [0.2, 0.25) is 0 Å². The van der Waals surface area contributed by atoms with Crippen molar-refractivity contribution in [2.45, 2.75) is 45.2 Å². The molecule has 0 atom stereocenters. The Morgan fingerprint density at radius 3 is 1.80 bits per heavy atom. The van der Waals surface area contributed by atoms with Crippen LogP contribution < -0.4 is 0 Å². The Labute approximate surface area is 200 Å². The van der Waals surface area contributed by atoms with Gasteiger partial charge in [-0.1, -0.05) is 61.5 Å². The van der Waals surface area contributed by atoms with E-state index < -0.39 is 29.2 Å². The Balaban J connectivity index is 1.47. The molecule has 0 amide bonds. The van der Waals surface area contributed by atoms with Gasteiger partial charge in [-0.2, -0.15) is 13.2 Å². The first-order valence-corrected chi connectivity index (χ1v) is 11.5. The Kier molecular flexibility index (Phi) is 7.20. The van der Waals surface area contributed by atoms with Gasteiger partial charge in [-0.15, -0.1) is 0 Å². The van der Waals surface area contributed by atoms with E-state index >= 15 is 4.39 Å². The summed E-state index contributed by atoms with van der Waals surface area (Å²) >= 11 is 0. The van der Waals surface area contributed by atoms with Gasteiger partial charge in [0.05, 0.1) is 0 Å². The second-order valence-corrected chi connectivity index (χ2v) is 8.70. The third-order valence-electron chi connectivity index (χ3n) is 6.30. The van der Waals surface area contributed by atoms with Crippen LogP contribution in [-0.2, 0) is 38.3 Å². The predicted octanol–water partition coefficient (Wildman–Crippen LogP) is 8.41. The quantitative estimate of drug-likeness (QED) is 0.230. The van der Waals surface area contributed by atoms with E-state index in [0.717, 1.165) is 30.2 Å². The van der Waals surface area contributed by atoms with Crippen LogP contribution in [0.1, 0.15) is 40.3 Å². The SMILES string of the molecule is CCc1ccc(CCc2ccc3c(F)c(CCc4cc(F)c(C(F)(F)F)c(F)c4)ccc3c2)cc1. The molecule has 4 aromatic carbocycles. The Hall–Kier alpha value is -3.28. The van der Waals surface area contributed by atoms with Gasteiger partial charge in [0.1, 0.15) is 23.0 Å². The summed E-state index contributed by atoms with van der Waals surface area (Å²) in [4.78, 5) is 0. The van der Waals surface area contributed by atoms with Crippen molar-refractivity contribution in [2.24, 2.45) is 0 Å². The number of halogens is 6. The lowest BCUT2D eigenvalue weighted by Gasteiger charge is -2.12. The number of benzene rings is 4. The second kappa shape index (κ2) is 10.1. The molecule has 0 nitrogen and oxygen atoms in total. The molecule has 0 aliphatic heterocycles. The van der Waals surface area contributed by atoms with Gasteiger partial charge in [0.15, 0.2) is 0 Å². The lowest BCUT2D eigenvalue weighted by atomic mass is 9.97. The number of hydrogen-bond donors (Lipinski definition) is 0. The zero-order valence-electron chi connectivity index (χ0n) is 19.2. The fourth-order valence-corrected chi connectivity index (χ4v) is 4.29. The van der Waals surface area contributed by atoms with Gasteiger partial charge < -0.3 is 0 Å². The lowest BCUT2D eigenvalue weighted by Crippen LogP contribution is -2.12. The van der Waals surface area contributed by atoms with Crippen LogP contribution in [0.4, 0.5) is 26.3 Å². The molecule has 0 aromatic heterocycles. The molecule has 0 aliphatic carbocycles. The number of aryl methyl sites for hydroxylation is 5. The zero-order valence-corrected chi connectivity index (χ0v) is 19.2. The largest absolute Gasteiger partial charge is 0.422 e. The van der Waals surface area contributed by atoms with E-state index in [1.165, 1.54) is 11.1 Å². The molecule has 0 unspecified atom stereocenters. The standard InChI is InChI=1S/C29H24F6/c1-2-18-3-5-19(6-4-18)7-8-20-10-14-24-23(15-20)13-12-22(28(24)32)11-9-21-16-25(30)27(26(31)17-21)29(33,34)35/h3-6,10,12-17H,2,7-9,11H2,1H3. The van der Waals surface area contributed by atoms with Crippen molar-refractivity contribution >= 4 is 10.8 Å². The average molecular weight is 486 g/mol. The molecule has 0 bridgehead atoms. The van der Waals surface area contributed by atoms with Crippen molar-refractivity contribution in [1.29, 1.82) is 0 Å². The smallest absolute Gasteiger partial charge is 0.206 e. The van der Waals surface area contributed by atoms with Crippen LogP contribution in [0.2, 0.25) is 0 Å². The van der Waals surface area contributed by atoms with Gasteiger partial charge in [-0.25, -0.2) is 13.2 Å². The highest BCUT2D eigenvalue weighted by Gasteiger charge is 2.37. The zero-order chi connectivity index (χ0) is 25.2. The molecule has 0 spiro atoms. The minimum absolute atomic E-state index is 0.00328. The minimum Gasteiger partial charge on any atom is -0.206 e. The topological polar surface area (TPSA) is 0 Å². The average Bonchev–Trinajstić information content (AvgIpc) is 2.81. The first-order chi connectivity index (χ1) is 16.7. The summed E-state index contributed by atoms with van der Waals surface area (Å²) in [5, 5.41) is 1.18. The summed E-state index contributed by atoms with van der Waals surface area (Å²) in [5.74, 6) is -3.77. The second-order valence-electron chi connectivity index (χ2n) is 8.70. The van der Waals surface area contributed by atoms with E-state index in [2.05, 4.69) is 31.2 Å². The Morgan fingerprint density at radius 1 is 0.600 bits per heavy atom. The minimum atomic E-state index is -5.12. The van der Waals surface area contributed by atoms with Crippen molar-refractivity contribution in [2.75, 3.05) is 0 Å². The van der Waals surface area contributed by atoms with Crippen molar-refractivity contribution in [1.82, 2.24) is 0 Å². The van der Waals surface area contributed by atoms with Crippen LogP contribution >= 0.6 is 0 Å². The fourth-order valence-electron chi connectivity index (χ4n) is 4.29. The first kappa shape index (κ1) is 24.8. The molecule has 0 saturated heterocycles. The third-order valence-corrected chi connectivity index (χ3v) is 6.30. The maximum absolute atomic E-state index is 15.1. The molecule has 0 heterocycles. The summed E-state index contributed by atoms with van der Waals surface area (Å²) in [5.41, 5.74) is 2.07. The molecule has 4 aromatic rings. The molecule has 0 aliphatic rings. The van der Waals surface area contributed by atoms with Crippen molar-refractivity contribution in [3.8, 4) is 0 Å². The number of rotatable bonds is 7. The van der Waals surface area contributed by atoms with Gasteiger partial charge in [0, 0.05) is 5.39 Å².